The summed E-state index contributed by atoms with van der Waals surface area (Å²) in [6.07, 6.45) is 3.70. The van der Waals surface area contributed by atoms with Gasteiger partial charge in [-0.1, -0.05) is 54.5 Å². The molecule has 3 rings (SSSR count). The highest BCUT2D eigenvalue weighted by atomic mass is 33.1. The number of rotatable bonds is 8. The number of aromatic nitrogens is 2. The maximum atomic E-state index is 13.1. The van der Waals surface area contributed by atoms with Crippen molar-refractivity contribution in [2.75, 3.05) is 0 Å². The molecule has 6 nitrogen and oxygen atoms in total. The molecule has 0 bridgehead atoms. The minimum absolute atomic E-state index is 0.128. The van der Waals surface area contributed by atoms with Gasteiger partial charge >= 0.3 is 0 Å². The van der Waals surface area contributed by atoms with Crippen molar-refractivity contribution >= 4 is 48.8 Å². The third kappa shape index (κ3) is 4.11. The molecule has 0 saturated carbocycles. The average molecular weight is 459 g/mol. The Bertz CT molecular complexity index is 1300. The Labute approximate surface area is 187 Å². The first kappa shape index (κ1) is 23.3. The number of benzene rings is 1. The Hall–Kier alpha value is -2.32. The van der Waals surface area contributed by atoms with Crippen molar-refractivity contribution in [3.8, 4) is 0 Å². The van der Waals surface area contributed by atoms with Gasteiger partial charge in [0.1, 0.15) is 0 Å². The lowest BCUT2D eigenvalue weighted by Gasteiger charge is -2.25. The van der Waals surface area contributed by atoms with Gasteiger partial charge in [0.05, 0.1) is 26.8 Å². The quantitative estimate of drug-likeness (QED) is 0.407. The highest BCUT2D eigenvalue weighted by molar-refractivity contribution is 8.77. The van der Waals surface area contributed by atoms with Crippen LogP contribution in [0, 0.1) is 11.8 Å². The van der Waals surface area contributed by atoms with Gasteiger partial charge in [-0.15, -0.1) is 6.58 Å². The van der Waals surface area contributed by atoms with Crippen LogP contribution in [0.15, 0.2) is 50.0 Å². The highest BCUT2D eigenvalue weighted by Crippen LogP contribution is 2.40. The van der Waals surface area contributed by atoms with Gasteiger partial charge in [0.25, 0.3) is 22.2 Å². The molecule has 164 valence electrons. The molecule has 3 aromatic rings. The van der Waals surface area contributed by atoms with E-state index in [9.17, 15) is 19.2 Å². The molecular weight excluding hydrogens is 432 g/mol. The van der Waals surface area contributed by atoms with Gasteiger partial charge in [-0.2, -0.15) is 0 Å². The van der Waals surface area contributed by atoms with E-state index in [1.807, 2.05) is 13.0 Å². The van der Waals surface area contributed by atoms with Crippen molar-refractivity contribution in [1.29, 1.82) is 0 Å². The Kier molecular flexibility index (Phi) is 6.81. The number of hydrogen-bond acceptors (Lipinski definition) is 6. The van der Waals surface area contributed by atoms with Crippen LogP contribution in [0.1, 0.15) is 34.6 Å². The van der Waals surface area contributed by atoms with Gasteiger partial charge in [0.2, 0.25) is 0 Å². The molecule has 0 saturated heterocycles. The molecule has 0 spiro atoms. The van der Waals surface area contributed by atoms with Crippen LogP contribution in [-0.2, 0) is 0 Å². The smallest absolute Gasteiger partial charge is 0.265 e. The van der Waals surface area contributed by atoms with Gasteiger partial charge in [-0.05, 0) is 37.8 Å². The second-order valence-electron chi connectivity index (χ2n) is 8.02. The van der Waals surface area contributed by atoms with E-state index in [-0.39, 0.29) is 32.0 Å². The molecule has 0 aliphatic rings. The summed E-state index contributed by atoms with van der Waals surface area (Å²) in [5, 5.41) is 0.646. The standard InChI is InChI=1S/C23H26N2O4S2/c1-7-18(13(6)30-31-19(8-2)12(5)11(3)4)25-22(28)16-9-14-15(10-17(16)23(25)29)21(27)24-20(14)26/h7-13,19H,2H2,1,3-6H3,(H,24,26,27)/b18-7+/t12-,13+,19?/m1/s1. The van der Waals surface area contributed by atoms with Gasteiger partial charge < -0.3 is 0 Å². The van der Waals surface area contributed by atoms with Crippen LogP contribution in [0.5, 0.6) is 0 Å². The van der Waals surface area contributed by atoms with Crippen LogP contribution in [0.2, 0.25) is 0 Å². The second-order valence-corrected chi connectivity index (χ2v) is 10.8. The molecule has 2 aromatic heterocycles. The van der Waals surface area contributed by atoms with Gasteiger partial charge in [0, 0.05) is 10.9 Å². The zero-order chi connectivity index (χ0) is 23.0. The van der Waals surface area contributed by atoms with Crippen LogP contribution in [-0.4, -0.2) is 20.1 Å². The number of nitrogens with zero attached hydrogens (tertiary/aromatic N) is 1. The fourth-order valence-corrected chi connectivity index (χ4v) is 6.74. The van der Waals surface area contributed by atoms with Crippen molar-refractivity contribution in [1.82, 2.24) is 9.55 Å². The van der Waals surface area contributed by atoms with Crippen LogP contribution >= 0.6 is 21.6 Å². The van der Waals surface area contributed by atoms with Gasteiger partial charge in [-0.3, -0.25) is 24.2 Å². The molecule has 2 heterocycles. The number of fused-ring (bicyclic) bond motifs is 2. The van der Waals surface area contributed by atoms with E-state index in [2.05, 4.69) is 32.3 Å². The van der Waals surface area contributed by atoms with Crippen molar-refractivity contribution < 1.29 is 0 Å². The lowest BCUT2D eigenvalue weighted by molar-refractivity contribution is 0.433. The topological polar surface area (TPSA) is 89.0 Å². The van der Waals surface area contributed by atoms with E-state index in [0.29, 0.717) is 17.5 Å². The summed E-state index contributed by atoms with van der Waals surface area (Å²) in [6.45, 7) is 14.2. The van der Waals surface area contributed by atoms with Crippen LogP contribution < -0.4 is 22.2 Å². The van der Waals surface area contributed by atoms with Crippen LogP contribution in [0.25, 0.3) is 27.2 Å². The van der Waals surface area contributed by atoms with E-state index in [1.54, 1.807) is 34.6 Å². The summed E-state index contributed by atoms with van der Waals surface area (Å²) >= 11 is 0. The molecule has 0 aliphatic heterocycles. The molecule has 1 unspecified atom stereocenters. The summed E-state index contributed by atoms with van der Waals surface area (Å²) < 4.78 is 1.16. The van der Waals surface area contributed by atoms with Crippen molar-refractivity contribution in [3.05, 3.63) is 72.3 Å². The number of nitrogens with one attached hydrogen (secondary N) is 1. The molecule has 0 amide bonds. The van der Waals surface area contributed by atoms with Crippen molar-refractivity contribution in [2.24, 2.45) is 11.8 Å². The normalized spacial score (nSPS) is 15.6. The van der Waals surface area contributed by atoms with E-state index in [0.717, 1.165) is 4.57 Å². The lowest BCUT2D eigenvalue weighted by Crippen LogP contribution is -2.28. The number of aromatic amines is 1. The molecule has 0 aliphatic carbocycles. The molecule has 8 heteroatoms. The van der Waals surface area contributed by atoms with E-state index >= 15 is 0 Å². The van der Waals surface area contributed by atoms with Crippen LogP contribution in [0.3, 0.4) is 0 Å². The van der Waals surface area contributed by atoms with Crippen molar-refractivity contribution in [3.63, 3.8) is 0 Å². The summed E-state index contributed by atoms with van der Waals surface area (Å²) in [4.78, 5) is 52.3. The van der Waals surface area contributed by atoms with Gasteiger partial charge in [-0.25, -0.2) is 4.57 Å². The Morgan fingerprint density at radius 1 is 0.935 bits per heavy atom. The molecule has 31 heavy (non-hydrogen) atoms. The Morgan fingerprint density at radius 3 is 1.87 bits per heavy atom. The lowest BCUT2D eigenvalue weighted by atomic mass is 9.94. The Balaban J connectivity index is 2.02. The number of allylic oxidation sites excluding steroid dienone is 1. The van der Waals surface area contributed by atoms with Crippen LogP contribution in [0.4, 0.5) is 0 Å². The van der Waals surface area contributed by atoms with E-state index in [4.69, 9.17) is 0 Å². The van der Waals surface area contributed by atoms with E-state index in [1.165, 1.54) is 12.1 Å². The Morgan fingerprint density at radius 2 is 1.45 bits per heavy atom. The summed E-state index contributed by atoms with van der Waals surface area (Å²) in [7, 11) is 3.28. The predicted octanol–water partition coefficient (Wildman–Crippen LogP) is 3.92. The average Bonchev–Trinajstić information content (AvgIpc) is 3.15. The molecule has 1 aromatic carbocycles. The number of H-pyrrole nitrogens is 1. The highest BCUT2D eigenvalue weighted by Gasteiger charge is 2.24. The first-order valence-electron chi connectivity index (χ1n) is 10.2. The zero-order valence-electron chi connectivity index (χ0n) is 18.2. The maximum Gasteiger partial charge on any atom is 0.265 e. The second kappa shape index (κ2) is 9.04. The molecule has 0 fully saturated rings. The third-order valence-corrected chi connectivity index (χ3v) is 9.18. The molecule has 1 N–H and O–H groups in total. The molecule has 0 radical (unpaired) electrons. The van der Waals surface area contributed by atoms with Gasteiger partial charge in [0.15, 0.2) is 0 Å². The molecular formula is C23H26N2O4S2. The predicted molar refractivity (Wildman–Crippen MR) is 134 cm³/mol. The van der Waals surface area contributed by atoms with E-state index < -0.39 is 22.2 Å². The SMILES string of the molecule is C=CC(SS[C@@H](C)/C(=C\C)n1c(=O)c2cc3c(=O)[nH]c(=O)c3cc2c1=O)[C@H](C)C(C)C. The summed E-state index contributed by atoms with van der Waals surface area (Å²) in [6, 6.07) is 2.70. The first-order valence-corrected chi connectivity index (χ1v) is 12.4. The fourth-order valence-electron chi connectivity index (χ4n) is 3.60. The minimum atomic E-state index is -0.553. The minimum Gasteiger partial charge on any atom is -0.288 e. The van der Waals surface area contributed by atoms with Crippen molar-refractivity contribution in [2.45, 2.75) is 45.1 Å². The number of hydrogen-bond donors (Lipinski definition) is 1. The third-order valence-electron chi connectivity index (χ3n) is 5.82. The monoisotopic (exact) mass is 458 g/mol. The maximum absolute atomic E-state index is 13.1. The molecule has 3 atom stereocenters. The fraction of sp³-hybridized carbons (Fsp3) is 0.391. The largest absolute Gasteiger partial charge is 0.288 e. The first-order chi connectivity index (χ1) is 14.6. The summed E-state index contributed by atoms with van der Waals surface area (Å²) in [5.74, 6) is 0.937. The zero-order valence-corrected chi connectivity index (χ0v) is 19.9. The summed E-state index contributed by atoms with van der Waals surface area (Å²) in [5.41, 5.74) is -1.47.